The highest BCUT2D eigenvalue weighted by Crippen LogP contribution is 2.24. The molecule has 1 atom stereocenters. The van der Waals surface area contributed by atoms with Crippen molar-refractivity contribution >= 4 is 11.8 Å². The number of amides is 2. The molecular weight excluding hydrogens is 304 g/mol. The van der Waals surface area contributed by atoms with Gasteiger partial charge >= 0.3 is 0 Å². The van der Waals surface area contributed by atoms with E-state index in [4.69, 9.17) is 0 Å². The maximum Gasteiger partial charge on any atom is 0.242 e. The zero-order valence-corrected chi connectivity index (χ0v) is 15.6. The van der Waals surface area contributed by atoms with Crippen LogP contribution in [0.1, 0.15) is 46.5 Å². The van der Waals surface area contributed by atoms with Gasteiger partial charge in [0, 0.05) is 45.7 Å². The van der Waals surface area contributed by atoms with Crippen LogP contribution in [0.4, 0.5) is 0 Å². The predicted molar refractivity (Wildman–Crippen MR) is 95.7 cm³/mol. The molecule has 1 unspecified atom stereocenters. The molecule has 2 fully saturated rings. The van der Waals surface area contributed by atoms with Crippen molar-refractivity contribution < 1.29 is 9.59 Å². The van der Waals surface area contributed by atoms with Crippen LogP contribution < -0.4 is 10.6 Å². The SMILES string of the molecule is CC(C)(C)CC(=O)N1CCCC1C(=O)NCCCN1CCNCC1. The lowest BCUT2D eigenvalue weighted by molar-refractivity contribution is -0.139. The molecule has 2 aliphatic heterocycles. The Morgan fingerprint density at radius 2 is 1.88 bits per heavy atom. The Hall–Kier alpha value is -1.14. The van der Waals surface area contributed by atoms with Crippen molar-refractivity contribution in [2.24, 2.45) is 5.41 Å². The second-order valence-corrected chi connectivity index (χ2v) is 8.22. The highest BCUT2D eigenvalue weighted by Gasteiger charge is 2.35. The fourth-order valence-electron chi connectivity index (χ4n) is 3.46. The number of hydrogen-bond acceptors (Lipinski definition) is 4. The van der Waals surface area contributed by atoms with Crippen LogP contribution in [0.25, 0.3) is 0 Å². The van der Waals surface area contributed by atoms with Crippen molar-refractivity contribution in [1.29, 1.82) is 0 Å². The van der Waals surface area contributed by atoms with Crippen molar-refractivity contribution in [3.8, 4) is 0 Å². The maximum atomic E-state index is 12.4. The third-order valence-electron chi connectivity index (χ3n) is 4.72. The second kappa shape index (κ2) is 8.81. The summed E-state index contributed by atoms with van der Waals surface area (Å²) in [6, 6.07) is -0.265. The largest absolute Gasteiger partial charge is 0.354 e. The average Bonchev–Trinajstić information content (AvgIpc) is 3.00. The van der Waals surface area contributed by atoms with E-state index in [9.17, 15) is 9.59 Å². The van der Waals surface area contributed by atoms with Crippen molar-refractivity contribution in [2.45, 2.75) is 52.5 Å². The minimum absolute atomic E-state index is 0.0232. The quantitative estimate of drug-likeness (QED) is 0.704. The molecule has 6 heteroatoms. The molecule has 2 rings (SSSR count). The molecule has 0 radical (unpaired) electrons. The van der Waals surface area contributed by atoms with Gasteiger partial charge < -0.3 is 20.4 Å². The van der Waals surface area contributed by atoms with Gasteiger partial charge in [0.2, 0.25) is 11.8 Å². The molecule has 2 heterocycles. The normalized spacial score (nSPS) is 22.6. The first-order valence-electron chi connectivity index (χ1n) is 9.37. The molecule has 6 nitrogen and oxygen atoms in total. The summed E-state index contributed by atoms with van der Waals surface area (Å²) in [4.78, 5) is 29.1. The number of likely N-dealkylation sites (tertiary alicyclic amines) is 1. The highest BCUT2D eigenvalue weighted by molar-refractivity contribution is 5.88. The van der Waals surface area contributed by atoms with E-state index in [1.807, 2.05) is 0 Å². The minimum atomic E-state index is -0.265. The van der Waals surface area contributed by atoms with E-state index in [1.165, 1.54) is 0 Å². The van der Waals surface area contributed by atoms with Crippen LogP contribution in [-0.4, -0.2) is 73.5 Å². The molecule has 0 spiro atoms. The molecule has 0 aromatic carbocycles. The third kappa shape index (κ3) is 6.06. The van der Waals surface area contributed by atoms with Crippen LogP contribution in [0.2, 0.25) is 0 Å². The van der Waals surface area contributed by atoms with Crippen molar-refractivity contribution in [3.63, 3.8) is 0 Å². The minimum Gasteiger partial charge on any atom is -0.354 e. The highest BCUT2D eigenvalue weighted by atomic mass is 16.2. The van der Waals surface area contributed by atoms with Crippen molar-refractivity contribution in [3.05, 3.63) is 0 Å². The molecule has 0 aliphatic carbocycles. The number of piperazine rings is 1. The molecule has 138 valence electrons. The Bertz CT molecular complexity index is 427. The van der Waals surface area contributed by atoms with Crippen LogP contribution in [0.15, 0.2) is 0 Å². The fraction of sp³-hybridized carbons (Fsp3) is 0.889. The lowest BCUT2D eigenvalue weighted by Crippen LogP contribution is -2.47. The van der Waals surface area contributed by atoms with Crippen molar-refractivity contribution in [1.82, 2.24) is 20.4 Å². The first-order chi connectivity index (χ1) is 11.4. The number of nitrogens with one attached hydrogen (secondary N) is 2. The molecule has 0 saturated carbocycles. The summed E-state index contributed by atoms with van der Waals surface area (Å²) in [5.41, 5.74) is -0.0377. The van der Waals surface area contributed by atoms with Crippen LogP contribution in [0, 0.1) is 5.41 Å². The molecule has 0 bridgehead atoms. The Labute approximate surface area is 146 Å². The summed E-state index contributed by atoms with van der Waals surface area (Å²) in [7, 11) is 0. The summed E-state index contributed by atoms with van der Waals surface area (Å²) < 4.78 is 0. The van der Waals surface area contributed by atoms with Crippen molar-refractivity contribution in [2.75, 3.05) is 45.8 Å². The van der Waals surface area contributed by atoms with Crippen LogP contribution >= 0.6 is 0 Å². The zero-order chi connectivity index (χ0) is 17.6. The van der Waals surface area contributed by atoms with Gasteiger partial charge in [-0.05, 0) is 31.2 Å². The first kappa shape index (κ1) is 19.2. The van der Waals surface area contributed by atoms with Crippen LogP contribution in [-0.2, 0) is 9.59 Å². The Balaban J connectivity index is 1.71. The number of carbonyl (C=O) groups is 2. The van der Waals surface area contributed by atoms with Gasteiger partial charge in [0.15, 0.2) is 0 Å². The third-order valence-corrected chi connectivity index (χ3v) is 4.72. The topological polar surface area (TPSA) is 64.7 Å². The van der Waals surface area contributed by atoms with Gasteiger partial charge in [-0.15, -0.1) is 0 Å². The average molecular weight is 338 g/mol. The van der Waals surface area contributed by atoms with Gasteiger partial charge in [-0.2, -0.15) is 0 Å². The van der Waals surface area contributed by atoms with Gasteiger partial charge in [0.25, 0.3) is 0 Å². The monoisotopic (exact) mass is 338 g/mol. The fourth-order valence-corrected chi connectivity index (χ4v) is 3.46. The maximum absolute atomic E-state index is 12.4. The van der Waals surface area contributed by atoms with E-state index in [1.54, 1.807) is 4.90 Å². The summed E-state index contributed by atoms with van der Waals surface area (Å²) in [5, 5.41) is 6.38. The van der Waals surface area contributed by atoms with Crippen LogP contribution in [0.3, 0.4) is 0 Å². The Morgan fingerprint density at radius 3 is 2.54 bits per heavy atom. The predicted octanol–water partition coefficient (Wildman–Crippen LogP) is 0.825. The molecule has 0 aromatic rings. The lowest BCUT2D eigenvalue weighted by Gasteiger charge is -2.28. The molecule has 2 amide bonds. The van der Waals surface area contributed by atoms with Crippen LogP contribution in [0.5, 0.6) is 0 Å². The molecule has 2 saturated heterocycles. The first-order valence-corrected chi connectivity index (χ1v) is 9.37. The lowest BCUT2D eigenvalue weighted by atomic mass is 9.91. The van der Waals surface area contributed by atoms with Gasteiger partial charge in [-0.1, -0.05) is 20.8 Å². The summed E-state index contributed by atoms with van der Waals surface area (Å²) >= 11 is 0. The van der Waals surface area contributed by atoms with E-state index >= 15 is 0 Å². The van der Waals surface area contributed by atoms with Gasteiger partial charge in [0.1, 0.15) is 6.04 Å². The van der Waals surface area contributed by atoms with Gasteiger partial charge in [0.05, 0.1) is 0 Å². The number of rotatable bonds is 6. The number of nitrogens with zero attached hydrogens (tertiary/aromatic N) is 2. The summed E-state index contributed by atoms with van der Waals surface area (Å²) in [6.45, 7) is 12.9. The zero-order valence-electron chi connectivity index (χ0n) is 15.6. The summed E-state index contributed by atoms with van der Waals surface area (Å²) in [5.74, 6) is 0.135. The standard InChI is InChI=1S/C18H34N4O2/c1-18(2,3)14-16(23)22-11-4-6-15(22)17(24)20-7-5-10-21-12-8-19-9-13-21/h15,19H,4-14H2,1-3H3,(H,20,24). The van der Waals surface area contributed by atoms with Gasteiger partial charge in [-0.3, -0.25) is 9.59 Å². The molecule has 24 heavy (non-hydrogen) atoms. The smallest absolute Gasteiger partial charge is 0.242 e. The molecule has 0 aromatic heterocycles. The Morgan fingerprint density at radius 1 is 1.17 bits per heavy atom. The number of hydrogen-bond donors (Lipinski definition) is 2. The van der Waals surface area contributed by atoms with E-state index in [2.05, 4.69) is 36.3 Å². The molecule has 2 aliphatic rings. The number of carbonyl (C=O) groups excluding carboxylic acids is 2. The Kier molecular flexibility index (Phi) is 7.04. The van der Waals surface area contributed by atoms with E-state index in [0.717, 1.165) is 52.0 Å². The van der Waals surface area contributed by atoms with Gasteiger partial charge in [-0.25, -0.2) is 0 Å². The molecular formula is C18H34N4O2. The van der Waals surface area contributed by atoms with E-state index in [0.29, 0.717) is 19.5 Å². The summed E-state index contributed by atoms with van der Waals surface area (Å²) in [6.07, 6.45) is 3.18. The second-order valence-electron chi connectivity index (χ2n) is 8.22. The van der Waals surface area contributed by atoms with E-state index in [-0.39, 0.29) is 23.3 Å². The van der Waals surface area contributed by atoms with E-state index < -0.39 is 0 Å². The molecule has 2 N–H and O–H groups in total.